The van der Waals surface area contributed by atoms with Gasteiger partial charge in [0.2, 0.25) is 5.91 Å². The zero-order chi connectivity index (χ0) is 16.1. The van der Waals surface area contributed by atoms with Gasteiger partial charge in [-0.2, -0.15) is 0 Å². The third kappa shape index (κ3) is 4.52. The molecule has 1 aliphatic carbocycles. The molecule has 0 unspecified atom stereocenters. The van der Waals surface area contributed by atoms with Gasteiger partial charge in [-0.3, -0.25) is 4.79 Å². The van der Waals surface area contributed by atoms with Gasteiger partial charge in [0.25, 0.3) is 0 Å². The largest absolute Gasteiger partial charge is 0.375 e. The second-order valence-electron chi connectivity index (χ2n) is 6.55. The fourth-order valence-electron chi connectivity index (χ4n) is 3.46. The fourth-order valence-corrected chi connectivity index (χ4v) is 4.34. The zero-order valence-corrected chi connectivity index (χ0v) is 14.7. The number of nitrogens with one attached hydrogen (secondary N) is 2. The molecular formula is C17H27N3O2S. The molecule has 0 radical (unpaired) electrons. The van der Waals surface area contributed by atoms with E-state index in [9.17, 15) is 4.79 Å². The summed E-state index contributed by atoms with van der Waals surface area (Å²) in [5.41, 5.74) is 1.27. The van der Waals surface area contributed by atoms with E-state index in [4.69, 9.17) is 9.72 Å². The topological polar surface area (TPSA) is 63.2 Å². The number of rotatable bonds is 5. The number of nitrogens with zero attached hydrogens (tertiary/aromatic N) is 1. The first-order chi connectivity index (χ1) is 11.2. The number of morpholine rings is 1. The van der Waals surface area contributed by atoms with E-state index in [1.165, 1.54) is 37.8 Å². The predicted octanol–water partition coefficient (Wildman–Crippen LogP) is 2.23. The van der Waals surface area contributed by atoms with Gasteiger partial charge >= 0.3 is 0 Å². The molecule has 6 heteroatoms. The van der Waals surface area contributed by atoms with Gasteiger partial charge in [-0.05, 0) is 19.8 Å². The van der Waals surface area contributed by atoms with Crippen LogP contribution in [0.4, 0.5) is 0 Å². The van der Waals surface area contributed by atoms with Crippen LogP contribution in [0.2, 0.25) is 0 Å². The van der Waals surface area contributed by atoms with E-state index in [0.717, 1.165) is 18.0 Å². The molecule has 1 aromatic heterocycles. The molecule has 2 heterocycles. The second-order valence-corrected chi connectivity index (χ2v) is 7.49. The van der Waals surface area contributed by atoms with Crippen molar-refractivity contribution in [3.05, 3.63) is 16.1 Å². The number of hydrogen-bond acceptors (Lipinski definition) is 5. The maximum atomic E-state index is 12.2. The van der Waals surface area contributed by atoms with Gasteiger partial charge < -0.3 is 15.4 Å². The first-order valence-corrected chi connectivity index (χ1v) is 9.69. The molecule has 0 spiro atoms. The quantitative estimate of drug-likeness (QED) is 0.865. The molecule has 1 aromatic rings. The molecule has 2 fully saturated rings. The Labute approximate surface area is 142 Å². The molecule has 1 aliphatic heterocycles. The first kappa shape index (κ1) is 16.9. The Morgan fingerprint density at radius 3 is 3.04 bits per heavy atom. The normalized spacial score (nSPS) is 26.1. The van der Waals surface area contributed by atoms with Gasteiger partial charge in [-0.15, -0.1) is 11.3 Å². The summed E-state index contributed by atoms with van der Waals surface area (Å²) in [5.74, 6) is 0.689. The van der Waals surface area contributed by atoms with Crippen molar-refractivity contribution in [2.45, 2.75) is 63.5 Å². The molecule has 2 N–H and O–H groups in total. The highest BCUT2D eigenvalue weighted by Crippen LogP contribution is 2.33. The summed E-state index contributed by atoms with van der Waals surface area (Å²) in [4.78, 5) is 17.0. The third-order valence-corrected chi connectivity index (χ3v) is 5.76. The molecule has 1 amide bonds. The average molecular weight is 337 g/mol. The lowest BCUT2D eigenvalue weighted by Crippen LogP contribution is -2.55. The Kier molecular flexibility index (Phi) is 6.02. The Balaban J connectivity index is 1.43. The number of thiazole rings is 1. The minimum Gasteiger partial charge on any atom is -0.375 e. The highest BCUT2D eigenvalue weighted by atomic mass is 32.1. The number of aromatic nitrogens is 1. The summed E-state index contributed by atoms with van der Waals surface area (Å²) in [7, 11) is 0. The lowest BCUT2D eigenvalue weighted by atomic mass is 9.87. The van der Waals surface area contributed by atoms with Gasteiger partial charge in [-0.1, -0.05) is 19.3 Å². The van der Waals surface area contributed by atoms with Crippen molar-refractivity contribution in [3.63, 3.8) is 0 Å². The van der Waals surface area contributed by atoms with E-state index >= 15 is 0 Å². The standard InChI is InChI=1S/C17H27N3O2S/c1-12-16(18-9-10-22-12)17(21)19-8-7-15-20-14(11-23-15)13-5-3-2-4-6-13/h11-13,16,18H,2-10H2,1H3,(H,19,21)/t12-,16+/m1/s1. The van der Waals surface area contributed by atoms with Gasteiger partial charge in [0.05, 0.1) is 23.4 Å². The Morgan fingerprint density at radius 2 is 2.26 bits per heavy atom. The minimum absolute atomic E-state index is 0.0289. The summed E-state index contributed by atoms with van der Waals surface area (Å²) in [6.45, 7) is 3.99. The number of amides is 1. The summed E-state index contributed by atoms with van der Waals surface area (Å²) in [5, 5.41) is 9.56. The third-order valence-electron chi connectivity index (χ3n) is 4.83. The summed E-state index contributed by atoms with van der Waals surface area (Å²) in [6, 6.07) is -0.238. The Morgan fingerprint density at radius 1 is 1.43 bits per heavy atom. The summed E-state index contributed by atoms with van der Waals surface area (Å²) in [6.07, 6.45) is 7.35. The molecule has 3 rings (SSSR count). The van der Waals surface area contributed by atoms with Crippen LogP contribution in [0.5, 0.6) is 0 Å². The molecule has 5 nitrogen and oxygen atoms in total. The van der Waals surface area contributed by atoms with Gasteiger partial charge in [-0.25, -0.2) is 4.98 Å². The SMILES string of the molecule is C[C@H]1OCCN[C@@H]1C(=O)NCCc1nc(C2CCCCC2)cs1. The lowest BCUT2D eigenvalue weighted by Gasteiger charge is -2.29. The first-order valence-electron chi connectivity index (χ1n) is 8.81. The van der Waals surface area contributed by atoms with E-state index in [2.05, 4.69) is 16.0 Å². The van der Waals surface area contributed by atoms with Crippen molar-refractivity contribution in [1.29, 1.82) is 0 Å². The summed E-state index contributed by atoms with van der Waals surface area (Å²) < 4.78 is 5.51. The van der Waals surface area contributed by atoms with Crippen LogP contribution in [0.1, 0.15) is 55.6 Å². The molecule has 1 saturated heterocycles. The van der Waals surface area contributed by atoms with Gasteiger partial charge in [0, 0.05) is 30.8 Å². The van der Waals surface area contributed by atoms with Crippen LogP contribution in [0.25, 0.3) is 0 Å². The minimum atomic E-state index is -0.238. The predicted molar refractivity (Wildman–Crippen MR) is 91.9 cm³/mol. The van der Waals surface area contributed by atoms with E-state index in [1.807, 2.05) is 6.92 Å². The molecule has 1 saturated carbocycles. The average Bonchev–Trinajstić information content (AvgIpc) is 3.05. The molecular weight excluding hydrogens is 310 g/mol. The Hall–Kier alpha value is -0.980. The van der Waals surface area contributed by atoms with Crippen molar-refractivity contribution < 1.29 is 9.53 Å². The van der Waals surface area contributed by atoms with Crippen molar-refractivity contribution in [3.8, 4) is 0 Å². The highest BCUT2D eigenvalue weighted by molar-refractivity contribution is 7.09. The lowest BCUT2D eigenvalue weighted by molar-refractivity contribution is -0.128. The molecule has 0 aromatic carbocycles. The fraction of sp³-hybridized carbons (Fsp3) is 0.765. The number of ether oxygens (including phenoxy) is 1. The van der Waals surface area contributed by atoms with E-state index in [-0.39, 0.29) is 18.1 Å². The molecule has 23 heavy (non-hydrogen) atoms. The molecule has 0 bridgehead atoms. The zero-order valence-electron chi connectivity index (χ0n) is 13.8. The smallest absolute Gasteiger partial charge is 0.239 e. The van der Waals surface area contributed by atoms with Crippen LogP contribution in [-0.2, 0) is 16.0 Å². The molecule has 2 atom stereocenters. The number of carbonyl (C=O) groups is 1. The monoisotopic (exact) mass is 337 g/mol. The van der Waals surface area contributed by atoms with Crippen LogP contribution in [0.3, 0.4) is 0 Å². The number of carbonyl (C=O) groups excluding carboxylic acids is 1. The van der Waals surface area contributed by atoms with E-state index in [0.29, 0.717) is 19.1 Å². The van der Waals surface area contributed by atoms with Gasteiger partial charge in [0.1, 0.15) is 6.04 Å². The van der Waals surface area contributed by atoms with Crippen molar-refractivity contribution in [2.24, 2.45) is 0 Å². The van der Waals surface area contributed by atoms with Crippen molar-refractivity contribution >= 4 is 17.2 Å². The highest BCUT2D eigenvalue weighted by Gasteiger charge is 2.27. The Bertz CT molecular complexity index is 514. The molecule has 128 valence electrons. The van der Waals surface area contributed by atoms with Crippen LogP contribution in [-0.4, -0.2) is 42.7 Å². The van der Waals surface area contributed by atoms with Crippen molar-refractivity contribution in [1.82, 2.24) is 15.6 Å². The van der Waals surface area contributed by atoms with Crippen LogP contribution >= 0.6 is 11.3 Å². The van der Waals surface area contributed by atoms with Crippen LogP contribution in [0, 0.1) is 0 Å². The van der Waals surface area contributed by atoms with Crippen LogP contribution in [0.15, 0.2) is 5.38 Å². The maximum Gasteiger partial charge on any atom is 0.239 e. The van der Waals surface area contributed by atoms with E-state index < -0.39 is 0 Å². The van der Waals surface area contributed by atoms with E-state index in [1.54, 1.807) is 11.3 Å². The summed E-state index contributed by atoms with van der Waals surface area (Å²) >= 11 is 1.73. The number of hydrogen-bond donors (Lipinski definition) is 2. The van der Waals surface area contributed by atoms with Crippen molar-refractivity contribution in [2.75, 3.05) is 19.7 Å². The maximum absolute atomic E-state index is 12.2. The van der Waals surface area contributed by atoms with Gasteiger partial charge in [0.15, 0.2) is 0 Å². The second kappa shape index (κ2) is 8.22. The van der Waals surface area contributed by atoms with Crippen LogP contribution < -0.4 is 10.6 Å². The molecule has 2 aliphatic rings.